The van der Waals surface area contributed by atoms with Crippen molar-refractivity contribution in [2.45, 2.75) is 26.9 Å². The van der Waals surface area contributed by atoms with Crippen molar-refractivity contribution in [2.75, 3.05) is 21.3 Å². The van der Waals surface area contributed by atoms with Crippen LogP contribution < -0.4 is 18.9 Å². The van der Waals surface area contributed by atoms with Gasteiger partial charge in [0.2, 0.25) is 11.6 Å². The Labute approximate surface area is 175 Å². The Morgan fingerprint density at radius 1 is 1.00 bits per heavy atom. The molecule has 0 fully saturated rings. The molecule has 0 radical (unpaired) electrons. The van der Waals surface area contributed by atoms with Crippen LogP contribution in [0.4, 0.5) is 4.79 Å². The second-order valence-electron chi connectivity index (χ2n) is 7.36. The van der Waals surface area contributed by atoms with Gasteiger partial charge in [-0.2, -0.15) is 0 Å². The van der Waals surface area contributed by atoms with Crippen LogP contribution >= 0.6 is 0 Å². The van der Waals surface area contributed by atoms with E-state index in [-0.39, 0.29) is 0 Å². The van der Waals surface area contributed by atoms with Gasteiger partial charge in [-0.3, -0.25) is 4.90 Å². The highest BCUT2D eigenvalue weighted by Crippen LogP contribution is 2.39. The Balaban J connectivity index is 1.67. The number of ether oxygens (including phenoxy) is 4. The van der Waals surface area contributed by atoms with Gasteiger partial charge >= 0.3 is 6.09 Å². The first kappa shape index (κ1) is 19.8. The Morgan fingerprint density at radius 3 is 2.33 bits per heavy atom. The Morgan fingerprint density at radius 2 is 1.70 bits per heavy atom. The quantitative estimate of drug-likeness (QED) is 0.624. The van der Waals surface area contributed by atoms with Crippen LogP contribution in [0.3, 0.4) is 0 Å². The van der Waals surface area contributed by atoms with Crippen molar-refractivity contribution >= 4 is 17.0 Å². The van der Waals surface area contributed by atoms with Crippen LogP contribution in [-0.2, 0) is 13.1 Å². The topological polar surface area (TPSA) is 70.1 Å². The molecule has 0 spiro atoms. The molecule has 2 aromatic carbocycles. The second kappa shape index (κ2) is 7.74. The van der Waals surface area contributed by atoms with E-state index < -0.39 is 6.09 Å². The predicted octanol–water partition coefficient (Wildman–Crippen LogP) is 4.39. The van der Waals surface area contributed by atoms with Gasteiger partial charge in [-0.25, -0.2) is 9.78 Å². The van der Waals surface area contributed by atoms with Crippen molar-refractivity contribution in [2.24, 2.45) is 0 Å². The van der Waals surface area contributed by atoms with Gasteiger partial charge in [0.1, 0.15) is 0 Å². The summed E-state index contributed by atoms with van der Waals surface area (Å²) in [5.74, 6) is 1.96. The van der Waals surface area contributed by atoms with E-state index in [0.717, 1.165) is 27.6 Å². The number of aryl methyl sites for hydroxylation is 2. The Bertz CT molecular complexity index is 1120. The van der Waals surface area contributed by atoms with Gasteiger partial charge in [-0.05, 0) is 49.2 Å². The van der Waals surface area contributed by atoms with Crippen molar-refractivity contribution in [3.8, 4) is 23.1 Å². The average Bonchev–Trinajstić information content (AvgIpc) is 2.72. The SMILES string of the molecule is COc1cc(CN2Cc3cc4cc(C)cc(C)c4nc3OC2=O)cc(OC)c1OC. The molecule has 0 bridgehead atoms. The molecule has 7 heteroatoms. The van der Waals surface area contributed by atoms with Crippen molar-refractivity contribution in [1.82, 2.24) is 9.88 Å². The molecule has 7 nitrogen and oxygen atoms in total. The fourth-order valence-corrected chi connectivity index (χ4v) is 3.86. The lowest BCUT2D eigenvalue weighted by Gasteiger charge is -2.28. The first-order chi connectivity index (χ1) is 14.4. The number of methoxy groups -OCH3 is 3. The number of aromatic nitrogens is 1. The molecule has 1 amide bonds. The van der Waals surface area contributed by atoms with E-state index in [1.807, 2.05) is 25.1 Å². The molecule has 0 saturated carbocycles. The molecule has 0 aliphatic carbocycles. The van der Waals surface area contributed by atoms with Crippen LogP contribution in [0.2, 0.25) is 0 Å². The first-order valence-corrected chi connectivity index (χ1v) is 9.60. The van der Waals surface area contributed by atoms with Crippen LogP contribution in [0.5, 0.6) is 23.1 Å². The molecule has 0 atom stereocenters. The van der Waals surface area contributed by atoms with E-state index in [2.05, 4.69) is 24.0 Å². The van der Waals surface area contributed by atoms with Crippen LogP contribution in [-0.4, -0.2) is 37.3 Å². The molecule has 1 aliphatic heterocycles. The van der Waals surface area contributed by atoms with E-state index >= 15 is 0 Å². The lowest BCUT2D eigenvalue weighted by atomic mass is 10.0. The first-order valence-electron chi connectivity index (χ1n) is 9.60. The summed E-state index contributed by atoms with van der Waals surface area (Å²) in [5.41, 5.74) is 4.79. The number of rotatable bonds is 5. The fourth-order valence-electron chi connectivity index (χ4n) is 3.86. The van der Waals surface area contributed by atoms with E-state index in [0.29, 0.717) is 36.2 Å². The van der Waals surface area contributed by atoms with E-state index in [9.17, 15) is 4.79 Å². The minimum atomic E-state index is -0.437. The van der Waals surface area contributed by atoms with Crippen molar-refractivity contribution < 1.29 is 23.7 Å². The largest absolute Gasteiger partial charge is 0.493 e. The van der Waals surface area contributed by atoms with Gasteiger partial charge in [-0.15, -0.1) is 0 Å². The molecule has 0 saturated heterocycles. The zero-order chi connectivity index (χ0) is 21.4. The van der Waals surface area contributed by atoms with Crippen LogP contribution in [0.1, 0.15) is 22.3 Å². The van der Waals surface area contributed by atoms with Gasteiger partial charge in [0.25, 0.3) is 0 Å². The number of benzene rings is 2. The van der Waals surface area contributed by atoms with E-state index in [1.165, 1.54) is 5.56 Å². The maximum absolute atomic E-state index is 12.6. The summed E-state index contributed by atoms with van der Waals surface area (Å²) in [4.78, 5) is 18.9. The fraction of sp³-hybridized carbons (Fsp3) is 0.304. The lowest BCUT2D eigenvalue weighted by molar-refractivity contribution is 0.133. The highest BCUT2D eigenvalue weighted by atomic mass is 16.6. The molecule has 156 valence electrons. The monoisotopic (exact) mass is 408 g/mol. The molecule has 30 heavy (non-hydrogen) atoms. The zero-order valence-electron chi connectivity index (χ0n) is 17.7. The summed E-state index contributed by atoms with van der Waals surface area (Å²) < 4.78 is 21.7. The molecule has 0 unspecified atom stereocenters. The third kappa shape index (κ3) is 3.47. The summed E-state index contributed by atoms with van der Waals surface area (Å²) >= 11 is 0. The van der Waals surface area contributed by atoms with Gasteiger partial charge < -0.3 is 18.9 Å². The summed E-state index contributed by atoms with van der Waals surface area (Å²) in [7, 11) is 4.68. The summed E-state index contributed by atoms with van der Waals surface area (Å²) in [5, 5.41) is 1.04. The molecule has 0 N–H and O–H groups in total. The maximum atomic E-state index is 12.6. The smallest absolute Gasteiger partial charge is 0.417 e. The minimum absolute atomic E-state index is 0.333. The minimum Gasteiger partial charge on any atom is -0.493 e. The number of carbonyl (C=O) groups excluding carboxylic acids is 1. The van der Waals surface area contributed by atoms with Crippen LogP contribution in [0.25, 0.3) is 10.9 Å². The molecule has 4 rings (SSSR count). The number of amides is 1. The zero-order valence-corrected chi connectivity index (χ0v) is 17.7. The van der Waals surface area contributed by atoms with Crippen LogP contribution in [0.15, 0.2) is 30.3 Å². The molecule has 3 aromatic rings. The van der Waals surface area contributed by atoms with Crippen molar-refractivity contribution in [1.29, 1.82) is 0 Å². The van der Waals surface area contributed by atoms with Gasteiger partial charge in [0.05, 0.1) is 33.4 Å². The van der Waals surface area contributed by atoms with Gasteiger partial charge in [0, 0.05) is 17.5 Å². The summed E-state index contributed by atoms with van der Waals surface area (Å²) in [6, 6.07) is 9.87. The highest BCUT2D eigenvalue weighted by molar-refractivity contribution is 5.85. The van der Waals surface area contributed by atoms with Gasteiger partial charge in [-0.1, -0.05) is 11.6 Å². The third-order valence-corrected chi connectivity index (χ3v) is 5.19. The third-order valence-electron chi connectivity index (χ3n) is 5.19. The number of hydrogen-bond acceptors (Lipinski definition) is 6. The van der Waals surface area contributed by atoms with Crippen molar-refractivity contribution in [3.05, 3.63) is 52.6 Å². The number of nitrogens with zero attached hydrogens (tertiary/aromatic N) is 2. The highest BCUT2D eigenvalue weighted by Gasteiger charge is 2.27. The summed E-state index contributed by atoms with van der Waals surface area (Å²) in [6.07, 6.45) is -0.437. The molecule has 1 aromatic heterocycles. The van der Waals surface area contributed by atoms with Gasteiger partial charge in [0.15, 0.2) is 11.5 Å². The van der Waals surface area contributed by atoms with Crippen molar-refractivity contribution in [3.63, 3.8) is 0 Å². The lowest BCUT2D eigenvalue weighted by Crippen LogP contribution is -2.36. The maximum Gasteiger partial charge on any atom is 0.417 e. The van der Waals surface area contributed by atoms with E-state index in [1.54, 1.807) is 26.2 Å². The number of carbonyl (C=O) groups is 1. The Kier molecular flexibility index (Phi) is 5.11. The summed E-state index contributed by atoms with van der Waals surface area (Å²) in [6.45, 7) is 4.80. The number of fused-ring (bicyclic) bond motifs is 2. The normalized spacial score (nSPS) is 13.1. The number of pyridine rings is 1. The predicted molar refractivity (Wildman–Crippen MR) is 113 cm³/mol. The van der Waals surface area contributed by atoms with E-state index in [4.69, 9.17) is 18.9 Å². The number of hydrogen-bond donors (Lipinski definition) is 0. The molecular formula is C23H24N2O5. The molecule has 2 heterocycles. The average molecular weight is 408 g/mol. The molecular weight excluding hydrogens is 384 g/mol. The standard InChI is InChI=1S/C23H24N2O5/c1-13-6-14(2)20-16(7-13)10-17-12-25(23(26)30-22(17)24-20)11-15-8-18(27-3)21(29-5)19(9-15)28-4/h6-10H,11-12H2,1-5H3. The Hall–Kier alpha value is -3.48. The van der Waals surface area contributed by atoms with Crippen LogP contribution in [0, 0.1) is 13.8 Å². The second-order valence-corrected chi connectivity index (χ2v) is 7.36. The molecule has 1 aliphatic rings.